The van der Waals surface area contributed by atoms with Crippen LogP contribution in [-0.2, 0) is 32.2 Å². The summed E-state index contributed by atoms with van der Waals surface area (Å²) in [5.74, 6) is 0.343. The van der Waals surface area contributed by atoms with E-state index >= 15 is 0 Å². The minimum atomic E-state index is -0.614. The Bertz CT molecular complexity index is 1250. The van der Waals surface area contributed by atoms with Crippen molar-refractivity contribution in [1.29, 1.82) is 0 Å². The van der Waals surface area contributed by atoms with Crippen LogP contribution in [0.3, 0.4) is 0 Å². The fraction of sp³-hybridized carbons (Fsp3) is 0.407. The van der Waals surface area contributed by atoms with Gasteiger partial charge in [-0.2, -0.15) is 0 Å². The molecule has 1 aromatic carbocycles. The Morgan fingerprint density at radius 1 is 1.11 bits per heavy atom. The second kappa shape index (κ2) is 11.5. The molecule has 37 heavy (non-hydrogen) atoms. The Morgan fingerprint density at radius 2 is 1.89 bits per heavy atom. The molecule has 0 aliphatic carbocycles. The van der Waals surface area contributed by atoms with Gasteiger partial charge in [0.15, 0.2) is 11.5 Å². The number of fused-ring (bicyclic) bond motifs is 1. The zero-order valence-corrected chi connectivity index (χ0v) is 21.5. The normalized spacial score (nSPS) is 15.0. The van der Waals surface area contributed by atoms with E-state index in [9.17, 15) is 9.59 Å². The molecule has 1 saturated heterocycles. The van der Waals surface area contributed by atoms with E-state index in [0.29, 0.717) is 49.2 Å². The average Bonchev–Trinajstić information content (AvgIpc) is 3.32. The van der Waals surface area contributed by atoms with Crippen molar-refractivity contribution in [2.45, 2.75) is 40.0 Å². The molecule has 10 nitrogen and oxygen atoms in total. The maximum Gasteiger partial charge on any atom is 0.414 e. The molecule has 3 heterocycles. The summed E-state index contributed by atoms with van der Waals surface area (Å²) in [5, 5.41) is 11.7. The van der Waals surface area contributed by atoms with Gasteiger partial charge in [0.1, 0.15) is 12.6 Å². The van der Waals surface area contributed by atoms with Crippen molar-refractivity contribution in [3.05, 3.63) is 77.9 Å². The number of carbonyl (C=O) groups excluding carboxylic acids is 2. The predicted molar refractivity (Wildman–Crippen MR) is 136 cm³/mol. The number of hydrogen-bond donors (Lipinski definition) is 1. The van der Waals surface area contributed by atoms with Crippen LogP contribution < -0.4 is 5.32 Å². The van der Waals surface area contributed by atoms with Crippen LogP contribution in [-0.4, -0.2) is 57.9 Å². The molecule has 2 amide bonds. The van der Waals surface area contributed by atoms with E-state index in [1.54, 1.807) is 10.5 Å². The van der Waals surface area contributed by atoms with E-state index in [-0.39, 0.29) is 19.1 Å². The Morgan fingerprint density at radius 3 is 2.62 bits per heavy atom. The average molecular weight is 508 g/mol. The van der Waals surface area contributed by atoms with Gasteiger partial charge in [-0.15, -0.1) is 10.2 Å². The highest BCUT2D eigenvalue weighted by atomic mass is 16.6. The van der Waals surface area contributed by atoms with Gasteiger partial charge in [0.2, 0.25) is 5.91 Å². The van der Waals surface area contributed by atoms with Gasteiger partial charge in [-0.1, -0.05) is 63.7 Å². The molecule has 196 valence electrons. The number of rotatable bonds is 8. The molecule has 10 heteroatoms. The van der Waals surface area contributed by atoms with Crippen LogP contribution in [0.2, 0.25) is 0 Å². The van der Waals surface area contributed by atoms with E-state index in [2.05, 4.69) is 22.1 Å². The number of amides is 2. The van der Waals surface area contributed by atoms with E-state index in [1.807, 2.05) is 63.2 Å². The number of nitrogens with one attached hydrogen (secondary N) is 1. The number of hydrogen-bond acceptors (Lipinski definition) is 7. The van der Waals surface area contributed by atoms with Gasteiger partial charge < -0.3 is 19.5 Å². The van der Waals surface area contributed by atoms with Gasteiger partial charge in [-0.25, -0.2) is 4.79 Å². The molecule has 1 aliphatic heterocycles. The van der Waals surface area contributed by atoms with Crippen LogP contribution in [0.15, 0.2) is 60.8 Å². The van der Waals surface area contributed by atoms with Crippen LogP contribution in [0.25, 0.3) is 5.65 Å². The lowest BCUT2D eigenvalue weighted by atomic mass is 9.95. The molecule has 0 radical (unpaired) electrons. The molecule has 1 atom stereocenters. The zero-order valence-electron chi connectivity index (χ0n) is 21.5. The van der Waals surface area contributed by atoms with Gasteiger partial charge in [-0.05, 0) is 17.7 Å². The lowest BCUT2D eigenvalue weighted by molar-refractivity contribution is -0.129. The monoisotopic (exact) mass is 507 g/mol. The van der Waals surface area contributed by atoms with Crippen molar-refractivity contribution in [2.24, 2.45) is 5.41 Å². The summed E-state index contributed by atoms with van der Waals surface area (Å²) >= 11 is 0. The van der Waals surface area contributed by atoms with E-state index in [1.165, 1.54) is 4.90 Å². The van der Waals surface area contributed by atoms with Crippen LogP contribution in [0.5, 0.6) is 0 Å². The third-order valence-electron chi connectivity index (χ3n) is 5.90. The molecule has 0 spiro atoms. The summed E-state index contributed by atoms with van der Waals surface area (Å²) < 4.78 is 18.7. The van der Waals surface area contributed by atoms with Crippen LogP contribution >= 0.6 is 0 Å². The molecule has 4 rings (SSSR count). The van der Waals surface area contributed by atoms with E-state index in [0.717, 1.165) is 5.56 Å². The minimum Gasteiger partial charge on any atom is -0.443 e. The number of pyridine rings is 1. The number of ether oxygens (including phenoxy) is 3. The molecule has 1 fully saturated rings. The molecule has 0 unspecified atom stereocenters. The maximum absolute atomic E-state index is 12.9. The molecule has 1 aliphatic rings. The molecule has 2 aromatic heterocycles. The highest BCUT2D eigenvalue weighted by Crippen LogP contribution is 2.21. The van der Waals surface area contributed by atoms with Gasteiger partial charge in [0.25, 0.3) is 0 Å². The molecule has 0 saturated carbocycles. The molecule has 0 bridgehead atoms. The minimum absolute atomic E-state index is 0.0172. The maximum atomic E-state index is 12.9. The second-order valence-electron chi connectivity index (χ2n) is 9.87. The SMILES string of the molecule is C=C1COCCN1C(=O)OCc1cccc2nnc([C@@H](COCc3ccccc3)NC(=O)C(C)(C)C)n12. The van der Waals surface area contributed by atoms with Gasteiger partial charge >= 0.3 is 6.09 Å². The predicted octanol–water partition coefficient (Wildman–Crippen LogP) is 3.63. The summed E-state index contributed by atoms with van der Waals surface area (Å²) in [5.41, 5.74) is 2.18. The van der Waals surface area contributed by atoms with Crippen LogP contribution in [0.4, 0.5) is 4.79 Å². The number of nitrogens with zero attached hydrogens (tertiary/aromatic N) is 4. The Balaban J connectivity index is 1.56. The van der Waals surface area contributed by atoms with Crippen molar-refractivity contribution in [2.75, 3.05) is 26.4 Å². The van der Waals surface area contributed by atoms with Gasteiger partial charge in [-0.3, -0.25) is 14.1 Å². The van der Waals surface area contributed by atoms with Crippen LogP contribution in [0.1, 0.15) is 43.9 Å². The lowest BCUT2D eigenvalue weighted by Crippen LogP contribution is -2.40. The number of morpholine rings is 1. The molecule has 1 N–H and O–H groups in total. The first-order valence-corrected chi connectivity index (χ1v) is 12.2. The fourth-order valence-electron chi connectivity index (χ4n) is 3.81. The standard InChI is InChI=1S/C27H33N5O5/c1-19-15-35-14-13-31(19)26(34)37-17-21-11-8-12-23-29-30-24(32(21)23)22(28-25(33)27(2,3)4)18-36-16-20-9-6-5-7-10-20/h5-12,22H,1,13-18H2,2-4H3,(H,28,33)/t22-/m1/s1. The van der Waals surface area contributed by atoms with Crippen LogP contribution in [0, 0.1) is 5.41 Å². The summed E-state index contributed by atoms with van der Waals surface area (Å²) in [6, 6.07) is 14.7. The number of carbonyl (C=O) groups is 2. The van der Waals surface area contributed by atoms with Gasteiger partial charge in [0.05, 0.1) is 38.7 Å². The zero-order chi connectivity index (χ0) is 26.4. The number of benzene rings is 1. The Kier molecular flexibility index (Phi) is 8.20. The Labute approximate surface area is 216 Å². The fourth-order valence-corrected chi connectivity index (χ4v) is 3.81. The smallest absolute Gasteiger partial charge is 0.414 e. The number of aromatic nitrogens is 3. The van der Waals surface area contributed by atoms with Crippen molar-refractivity contribution in [3.63, 3.8) is 0 Å². The first-order valence-electron chi connectivity index (χ1n) is 12.2. The first kappa shape index (κ1) is 26.3. The van der Waals surface area contributed by atoms with Crippen molar-refractivity contribution in [1.82, 2.24) is 24.8 Å². The highest BCUT2D eigenvalue weighted by Gasteiger charge is 2.28. The summed E-state index contributed by atoms with van der Waals surface area (Å²) in [7, 11) is 0. The third kappa shape index (κ3) is 6.52. The van der Waals surface area contributed by atoms with Crippen molar-refractivity contribution in [3.8, 4) is 0 Å². The molecular formula is C27H33N5O5. The quantitative estimate of drug-likeness (QED) is 0.496. The van der Waals surface area contributed by atoms with Crippen molar-refractivity contribution < 1.29 is 23.8 Å². The Hall–Kier alpha value is -3.76. The second-order valence-corrected chi connectivity index (χ2v) is 9.87. The summed E-state index contributed by atoms with van der Waals surface area (Å²) in [4.78, 5) is 27.1. The van der Waals surface area contributed by atoms with E-state index < -0.39 is 17.6 Å². The van der Waals surface area contributed by atoms with Gasteiger partial charge in [0, 0.05) is 11.1 Å². The lowest BCUT2D eigenvalue weighted by Gasteiger charge is -2.28. The third-order valence-corrected chi connectivity index (χ3v) is 5.90. The summed E-state index contributed by atoms with van der Waals surface area (Å²) in [6.45, 7) is 11.1. The topological polar surface area (TPSA) is 107 Å². The highest BCUT2D eigenvalue weighted by molar-refractivity contribution is 5.81. The molecular weight excluding hydrogens is 474 g/mol. The summed E-state index contributed by atoms with van der Waals surface area (Å²) in [6.07, 6.45) is -0.497. The van der Waals surface area contributed by atoms with Crippen molar-refractivity contribution >= 4 is 17.6 Å². The van der Waals surface area contributed by atoms with E-state index in [4.69, 9.17) is 14.2 Å². The first-order chi connectivity index (χ1) is 17.7. The largest absolute Gasteiger partial charge is 0.443 e. The molecule has 3 aromatic rings.